The standard InChI is InChI=1S/C11H7F3N2O3/c12-11(13,14)9(17)19-16-6-8(15-10(16)18)7-4-2-1-3-5-7/h1-6H,(H,15,18). The van der Waals surface area contributed by atoms with Crippen molar-refractivity contribution in [2.75, 3.05) is 0 Å². The number of halogens is 3. The largest absolute Gasteiger partial charge is 0.493 e. The number of imidazole rings is 1. The van der Waals surface area contributed by atoms with Gasteiger partial charge < -0.3 is 9.82 Å². The maximum Gasteiger partial charge on any atom is 0.493 e. The summed E-state index contributed by atoms with van der Waals surface area (Å²) >= 11 is 0. The van der Waals surface area contributed by atoms with Crippen LogP contribution in [0.25, 0.3) is 11.3 Å². The van der Waals surface area contributed by atoms with Crippen LogP contribution < -0.4 is 10.5 Å². The van der Waals surface area contributed by atoms with Gasteiger partial charge in [0.05, 0.1) is 11.9 Å². The highest BCUT2D eigenvalue weighted by Gasteiger charge is 2.42. The summed E-state index contributed by atoms with van der Waals surface area (Å²) in [5, 5.41) is 0. The monoisotopic (exact) mass is 272 g/mol. The van der Waals surface area contributed by atoms with Crippen LogP contribution in [0.4, 0.5) is 13.2 Å². The van der Waals surface area contributed by atoms with Crippen molar-refractivity contribution in [3.05, 3.63) is 47.0 Å². The van der Waals surface area contributed by atoms with Crippen LogP contribution in [0.15, 0.2) is 41.3 Å². The van der Waals surface area contributed by atoms with Gasteiger partial charge in [-0.15, -0.1) is 4.73 Å². The minimum atomic E-state index is -5.16. The normalized spacial score (nSPS) is 11.3. The van der Waals surface area contributed by atoms with Gasteiger partial charge in [-0.25, -0.2) is 9.59 Å². The molecule has 0 bridgehead atoms. The van der Waals surface area contributed by atoms with E-state index in [2.05, 4.69) is 9.82 Å². The van der Waals surface area contributed by atoms with E-state index in [1.807, 2.05) is 0 Å². The first-order valence-electron chi connectivity index (χ1n) is 5.04. The van der Waals surface area contributed by atoms with E-state index in [9.17, 15) is 22.8 Å². The van der Waals surface area contributed by atoms with E-state index < -0.39 is 17.8 Å². The molecular weight excluding hydrogens is 265 g/mol. The summed E-state index contributed by atoms with van der Waals surface area (Å²) in [4.78, 5) is 28.2. The fourth-order valence-corrected chi connectivity index (χ4v) is 1.35. The van der Waals surface area contributed by atoms with E-state index >= 15 is 0 Å². The molecule has 8 heteroatoms. The van der Waals surface area contributed by atoms with E-state index in [0.29, 0.717) is 5.56 Å². The molecule has 0 fully saturated rings. The van der Waals surface area contributed by atoms with Crippen LogP contribution in [-0.2, 0) is 4.79 Å². The van der Waals surface area contributed by atoms with Crippen molar-refractivity contribution in [1.82, 2.24) is 9.71 Å². The molecule has 5 nitrogen and oxygen atoms in total. The molecule has 2 rings (SSSR count). The lowest BCUT2D eigenvalue weighted by molar-refractivity contribution is -0.200. The summed E-state index contributed by atoms with van der Waals surface area (Å²) in [5.41, 5.74) is -0.168. The Bertz CT molecular complexity index is 643. The third-order valence-electron chi connectivity index (χ3n) is 2.19. The second-order valence-corrected chi connectivity index (χ2v) is 3.54. The Hall–Kier alpha value is -2.51. The molecule has 1 aromatic heterocycles. The molecule has 0 spiro atoms. The van der Waals surface area contributed by atoms with Gasteiger partial charge in [-0.2, -0.15) is 13.2 Å². The average molecular weight is 272 g/mol. The lowest BCUT2D eigenvalue weighted by Gasteiger charge is -2.04. The molecule has 0 saturated carbocycles. The lowest BCUT2D eigenvalue weighted by Crippen LogP contribution is -2.37. The van der Waals surface area contributed by atoms with Crippen molar-refractivity contribution >= 4 is 5.97 Å². The molecule has 0 aliphatic rings. The van der Waals surface area contributed by atoms with Gasteiger partial charge in [0.25, 0.3) is 0 Å². The fraction of sp³-hybridized carbons (Fsp3) is 0.0909. The maximum atomic E-state index is 12.0. The van der Waals surface area contributed by atoms with Crippen LogP contribution in [0.1, 0.15) is 0 Å². The number of nitrogens with zero attached hydrogens (tertiary/aromatic N) is 1. The second kappa shape index (κ2) is 4.63. The van der Waals surface area contributed by atoms with Crippen molar-refractivity contribution in [2.45, 2.75) is 6.18 Å². The molecule has 1 heterocycles. The summed E-state index contributed by atoms with van der Waals surface area (Å²) in [6, 6.07) is 8.39. The van der Waals surface area contributed by atoms with Crippen LogP contribution >= 0.6 is 0 Å². The number of rotatable bonds is 2. The number of H-pyrrole nitrogens is 1. The molecule has 2 aromatic rings. The second-order valence-electron chi connectivity index (χ2n) is 3.54. The number of carbonyl (C=O) groups is 1. The molecule has 0 amide bonds. The Morgan fingerprint density at radius 2 is 1.84 bits per heavy atom. The molecule has 0 atom stereocenters. The number of hydrogen-bond donors (Lipinski definition) is 1. The van der Waals surface area contributed by atoms with Crippen LogP contribution in [0.3, 0.4) is 0 Å². The molecule has 19 heavy (non-hydrogen) atoms. The predicted molar refractivity (Wildman–Crippen MR) is 58.1 cm³/mol. The van der Waals surface area contributed by atoms with E-state index in [4.69, 9.17) is 0 Å². The third kappa shape index (κ3) is 2.84. The molecule has 0 saturated heterocycles. The smallest absolute Gasteiger partial charge is 0.323 e. The molecule has 0 radical (unpaired) electrons. The first-order chi connectivity index (χ1) is 8.88. The van der Waals surface area contributed by atoms with Crippen LogP contribution in [0.2, 0.25) is 0 Å². The van der Waals surface area contributed by atoms with Crippen molar-refractivity contribution in [3.8, 4) is 11.3 Å². The minimum absolute atomic E-state index is 0.207. The molecule has 0 aliphatic heterocycles. The topological polar surface area (TPSA) is 64.1 Å². The molecular formula is C11H7F3N2O3. The maximum absolute atomic E-state index is 12.0. The summed E-state index contributed by atoms with van der Waals surface area (Å²) in [6.45, 7) is 0. The van der Waals surface area contributed by atoms with E-state index in [-0.39, 0.29) is 10.4 Å². The van der Waals surface area contributed by atoms with E-state index in [1.54, 1.807) is 30.3 Å². The number of aromatic nitrogens is 2. The minimum Gasteiger partial charge on any atom is -0.323 e. The Morgan fingerprint density at radius 3 is 2.42 bits per heavy atom. The number of aromatic amines is 1. The molecule has 1 N–H and O–H groups in total. The molecule has 100 valence electrons. The average Bonchev–Trinajstić information content (AvgIpc) is 2.71. The molecule has 0 unspecified atom stereocenters. The van der Waals surface area contributed by atoms with Gasteiger partial charge in [-0.05, 0) is 5.56 Å². The molecule has 1 aromatic carbocycles. The SMILES string of the molecule is O=C(On1cc(-c2ccccc2)[nH]c1=O)C(F)(F)F. The predicted octanol–water partition coefficient (Wildman–Crippen LogP) is 1.36. The summed E-state index contributed by atoms with van der Waals surface area (Å²) < 4.78 is 36.2. The van der Waals surface area contributed by atoms with Crippen molar-refractivity contribution in [3.63, 3.8) is 0 Å². The summed E-state index contributed by atoms with van der Waals surface area (Å²) in [6.07, 6.45) is -4.19. The highest BCUT2D eigenvalue weighted by atomic mass is 19.4. The van der Waals surface area contributed by atoms with Gasteiger partial charge in [0.2, 0.25) is 0 Å². The van der Waals surface area contributed by atoms with E-state index in [1.165, 1.54) is 0 Å². The van der Waals surface area contributed by atoms with Crippen molar-refractivity contribution in [2.24, 2.45) is 0 Å². The third-order valence-corrected chi connectivity index (χ3v) is 2.19. The fourth-order valence-electron chi connectivity index (χ4n) is 1.35. The Morgan fingerprint density at radius 1 is 1.21 bits per heavy atom. The van der Waals surface area contributed by atoms with E-state index in [0.717, 1.165) is 6.20 Å². The Balaban J connectivity index is 2.28. The van der Waals surface area contributed by atoms with Gasteiger partial charge in [-0.3, -0.25) is 0 Å². The number of benzene rings is 1. The highest BCUT2D eigenvalue weighted by Crippen LogP contribution is 2.16. The van der Waals surface area contributed by atoms with Crippen LogP contribution in [-0.4, -0.2) is 21.9 Å². The zero-order valence-electron chi connectivity index (χ0n) is 9.27. The number of carbonyl (C=O) groups excluding carboxylic acids is 1. The van der Waals surface area contributed by atoms with Crippen molar-refractivity contribution in [1.29, 1.82) is 0 Å². The zero-order valence-corrected chi connectivity index (χ0v) is 9.27. The van der Waals surface area contributed by atoms with Crippen LogP contribution in [0.5, 0.6) is 0 Å². The number of alkyl halides is 3. The van der Waals surface area contributed by atoms with Gasteiger partial charge in [-0.1, -0.05) is 30.3 Å². The summed E-state index contributed by atoms with van der Waals surface area (Å²) in [7, 11) is 0. The van der Waals surface area contributed by atoms with Crippen LogP contribution in [0, 0.1) is 0 Å². The quantitative estimate of drug-likeness (QED) is 0.897. The lowest BCUT2D eigenvalue weighted by atomic mass is 10.2. The summed E-state index contributed by atoms with van der Waals surface area (Å²) in [5.74, 6) is -2.46. The first kappa shape index (κ1) is 12.9. The Labute approximate surface area is 104 Å². The first-order valence-corrected chi connectivity index (χ1v) is 5.04. The Kier molecular flexibility index (Phi) is 3.16. The van der Waals surface area contributed by atoms with Gasteiger partial charge in [0.1, 0.15) is 0 Å². The zero-order chi connectivity index (χ0) is 14.0. The number of nitrogens with one attached hydrogen (secondary N) is 1. The molecule has 0 aliphatic carbocycles. The highest BCUT2D eigenvalue weighted by molar-refractivity contribution is 5.75. The number of hydrogen-bond acceptors (Lipinski definition) is 3. The van der Waals surface area contributed by atoms with Gasteiger partial charge in [0.15, 0.2) is 0 Å². The van der Waals surface area contributed by atoms with Gasteiger partial charge >= 0.3 is 17.8 Å². The van der Waals surface area contributed by atoms with Crippen molar-refractivity contribution < 1.29 is 22.8 Å². The van der Waals surface area contributed by atoms with Gasteiger partial charge in [0, 0.05) is 0 Å².